The van der Waals surface area contributed by atoms with Crippen LogP contribution in [0.1, 0.15) is 56.2 Å². The van der Waals surface area contributed by atoms with Crippen LogP contribution in [-0.2, 0) is 4.79 Å². The lowest BCUT2D eigenvalue weighted by Crippen LogP contribution is -2.44. The summed E-state index contributed by atoms with van der Waals surface area (Å²) in [5.41, 5.74) is 0. The molecular formula is C16H25N3OS. The van der Waals surface area contributed by atoms with E-state index < -0.39 is 0 Å². The number of carbonyl (C=O) groups is 1. The first-order chi connectivity index (χ1) is 10.2. The lowest BCUT2D eigenvalue weighted by Gasteiger charge is -2.33. The van der Waals surface area contributed by atoms with Crippen molar-refractivity contribution in [3.8, 4) is 0 Å². The van der Waals surface area contributed by atoms with E-state index in [-0.39, 0.29) is 11.8 Å². The van der Waals surface area contributed by atoms with Gasteiger partial charge >= 0.3 is 0 Å². The highest BCUT2D eigenvalue weighted by Crippen LogP contribution is 2.40. The van der Waals surface area contributed by atoms with Gasteiger partial charge in [0.15, 0.2) is 5.13 Å². The molecule has 1 heterocycles. The van der Waals surface area contributed by atoms with Crippen LogP contribution >= 0.6 is 11.3 Å². The van der Waals surface area contributed by atoms with Gasteiger partial charge in [0.05, 0.1) is 0 Å². The standard InChI is InChI=1S/C16H25N3OS/c1-10-5-3-4-6-13(10)14-9-18-16(21-14)19-15(20)11-7-12(8-11)17-2/h9-13,17H,3-8H2,1-2H3,(H,18,19,20)/t10-,11?,12?,13+/m0/s1. The lowest BCUT2D eigenvalue weighted by atomic mass is 9.80. The van der Waals surface area contributed by atoms with Gasteiger partial charge in [-0.05, 0) is 38.1 Å². The molecule has 2 aliphatic carbocycles. The second kappa shape index (κ2) is 6.44. The van der Waals surface area contributed by atoms with Crippen molar-refractivity contribution in [3.63, 3.8) is 0 Å². The summed E-state index contributed by atoms with van der Waals surface area (Å²) in [6.07, 6.45) is 9.13. The summed E-state index contributed by atoms with van der Waals surface area (Å²) in [5, 5.41) is 6.99. The fourth-order valence-corrected chi connectivity index (χ4v) is 4.62. The van der Waals surface area contributed by atoms with Gasteiger partial charge in [-0.2, -0.15) is 0 Å². The first-order valence-electron chi connectivity index (χ1n) is 8.11. The summed E-state index contributed by atoms with van der Waals surface area (Å²) < 4.78 is 0. The summed E-state index contributed by atoms with van der Waals surface area (Å²) in [7, 11) is 1.96. The van der Waals surface area contributed by atoms with Crippen LogP contribution in [0.15, 0.2) is 6.20 Å². The average molecular weight is 307 g/mol. The topological polar surface area (TPSA) is 54.0 Å². The number of anilines is 1. The molecule has 0 radical (unpaired) electrons. The highest BCUT2D eigenvalue weighted by atomic mass is 32.1. The number of nitrogens with zero attached hydrogens (tertiary/aromatic N) is 1. The predicted octanol–water partition coefficient (Wildman–Crippen LogP) is 3.37. The Labute approximate surface area is 130 Å². The van der Waals surface area contributed by atoms with Gasteiger partial charge in [-0.3, -0.25) is 4.79 Å². The molecule has 1 aromatic heterocycles. The molecule has 2 saturated carbocycles. The van der Waals surface area contributed by atoms with Crippen LogP contribution in [0.25, 0.3) is 0 Å². The molecule has 2 fully saturated rings. The summed E-state index contributed by atoms with van der Waals surface area (Å²) in [6.45, 7) is 2.34. The van der Waals surface area contributed by atoms with Gasteiger partial charge in [-0.1, -0.05) is 26.2 Å². The Balaban J connectivity index is 1.56. The average Bonchev–Trinajstić information content (AvgIpc) is 2.86. The predicted molar refractivity (Wildman–Crippen MR) is 86.7 cm³/mol. The number of amides is 1. The van der Waals surface area contributed by atoms with E-state index in [1.54, 1.807) is 11.3 Å². The van der Waals surface area contributed by atoms with Crippen molar-refractivity contribution in [1.29, 1.82) is 0 Å². The van der Waals surface area contributed by atoms with Crippen molar-refractivity contribution in [2.75, 3.05) is 12.4 Å². The lowest BCUT2D eigenvalue weighted by molar-refractivity contribution is -0.122. The van der Waals surface area contributed by atoms with Crippen molar-refractivity contribution >= 4 is 22.4 Å². The highest BCUT2D eigenvalue weighted by Gasteiger charge is 2.34. The first kappa shape index (κ1) is 15.0. The van der Waals surface area contributed by atoms with Gasteiger partial charge in [0.1, 0.15) is 0 Å². The molecule has 0 bridgehead atoms. The molecule has 0 spiro atoms. The van der Waals surface area contributed by atoms with Gasteiger partial charge in [0.25, 0.3) is 0 Å². The van der Waals surface area contributed by atoms with Crippen LogP contribution in [-0.4, -0.2) is 24.0 Å². The fraction of sp³-hybridized carbons (Fsp3) is 0.750. The maximum atomic E-state index is 12.1. The second-order valence-corrected chi connectivity index (χ2v) is 7.64. The molecule has 2 N–H and O–H groups in total. The third kappa shape index (κ3) is 3.29. The van der Waals surface area contributed by atoms with Crippen LogP contribution in [0, 0.1) is 11.8 Å². The first-order valence-corrected chi connectivity index (χ1v) is 8.93. The molecule has 0 unspecified atom stereocenters. The van der Waals surface area contributed by atoms with Crippen LogP contribution < -0.4 is 10.6 Å². The minimum Gasteiger partial charge on any atom is -0.317 e. The summed E-state index contributed by atoms with van der Waals surface area (Å²) in [4.78, 5) is 17.9. The molecular weight excluding hydrogens is 282 g/mol. The van der Waals surface area contributed by atoms with E-state index in [0.29, 0.717) is 12.0 Å². The molecule has 21 heavy (non-hydrogen) atoms. The van der Waals surface area contributed by atoms with Gasteiger partial charge in [0, 0.05) is 23.0 Å². The zero-order chi connectivity index (χ0) is 14.8. The molecule has 0 aromatic carbocycles. The minimum absolute atomic E-state index is 0.138. The third-order valence-electron chi connectivity index (χ3n) is 5.15. The van der Waals surface area contributed by atoms with Crippen molar-refractivity contribution in [1.82, 2.24) is 10.3 Å². The maximum Gasteiger partial charge on any atom is 0.229 e. The molecule has 116 valence electrons. The molecule has 5 heteroatoms. The Morgan fingerprint density at radius 3 is 2.81 bits per heavy atom. The van der Waals surface area contributed by atoms with E-state index in [4.69, 9.17) is 0 Å². The summed E-state index contributed by atoms with van der Waals surface area (Å²) in [5.74, 6) is 1.67. The number of hydrogen-bond acceptors (Lipinski definition) is 4. The SMILES string of the molecule is CNC1CC(C(=O)Nc2ncc([C@@H]3CCCC[C@@H]3C)s2)C1. The van der Waals surface area contributed by atoms with E-state index in [1.807, 2.05) is 13.2 Å². The Hall–Kier alpha value is -0.940. The van der Waals surface area contributed by atoms with Crippen LogP contribution in [0.3, 0.4) is 0 Å². The molecule has 3 rings (SSSR count). The van der Waals surface area contributed by atoms with Gasteiger partial charge in [-0.25, -0.2) is 4.98 Å². The number of rotatable bonds is 4. The summed E-state index contributed by atoms with van der Waals surface area (Å²) in [6, 6.07) is 0.510. The maximum absolute atomic E-state index is 12.1. The third-order valence-corrected chi connectivity index (χ3v) is 6.19. The highest BCUT2D eigenvalue weighted by molar-refractivity contribution is 7.15. The Morgan fingerprint density at radius 2 is 2.10 bits per heavy atom. The molecule has 0 aliphatic heterocycles. The zero-order valence-corrected chi connectivity index (χ0v) is 13.7. The number of thiazole rings is 1. The Kier molecular flexibility index (Phi) is 4.60. The fourth-order valence-electron chi connectivity index (χ4n) is 3.53. The largest absolute Gasteiger partial charge is 0.317 e. The van der Waals surface area contributed by atoms with E-state index >= 15 is 0 Å². The Morgan fingerprint density at radius 1 is 1.33 bits per heavy atom. The smallest absolute Gasteiger partial charge is 0.229 e. The number of carbonyl (C=O) groups excluding carboxylic acids is 1. The van der Waals surface area contributed by atoms with E-state index in [2.05, 4.69) is 22.5 Å². The van der Waals surface area contributed by atoms with E-state index in [9.17, 15) is 4.79 Å². The monoisotopic (exact) mass is 307 g/mol. The normalized spacial score (nSPS) is 32.5. The molecule has 4 nitrogen and oxygen atoms in total. The van der Waals surface area contributed by atoms with Crippen LogP contribution in [0.5, 0.6) is 0 Å². The molecule has 1 amide bonds. The molecule has 0 saturated heterocycles. The molecule has 2 atom stereocenters. The van der Waals surface area contributed by atoms with E-state index in [0.717, 1.165) is 23.9 Å². The van der Waals surface area contributed by atoms with Crippen molar-refractivity contribution in [3.05, 3.63) is 11.1 Å². The van der Waals surface area contributed by atoms with Crippen molar-refractivity contribution in [2.45, 2.75) is 57.4 Å². The number of nitrogens with one attached hydrogen (secondary N) is 2. The zero-order valence-electron chi connectivity index (χ0n) is 12.9. The minimum atomic E-state index is 0.138. The molecule has 2 aliphatic rings. The van der Waals surface area contributed by atoms with E-state index in [1.165, 1.54) is 30.6 Å². The second-order valence-electron chi connectivity index (χ2n) is 6.58. The number of aromatic nitrogens is 1. The summed E-state index contributed by atoms with van der Waals surface area (Å²) >= 11 is 1.67. The van der Waals surface area contributed by atoms with Crippen LogP contribution in [0.4, 0.5) is 5.13 Å². The van der Waals surface area contributed by atoms with Crippen LogP contribution in [0.2, 0.25) is 0 Å². The van der Waals surface area contributed by atoms with Gasteiger partial charge in [0.2, 0.25) is 5.91 Å². The Bertz CT molecular complexity index is 495. The van der Waals surface area contributed by atoms with Gasteiger partial charge < -0.3 is 10.6 Å². The quantitative estimate of drug-likeness (QED) is 0.896. The number of hydrogen-bond donors (Lipinski definition) is 2. The van der Waals surface area contributed by atoms with Gasteiger partial charge in [-0.15, -0.1) is 11.3 Å². The van der Waals surface area contributed by atoms with Crippen molar-refractivity contribution in [2.24, 2.45) is 11.8 Å². The molecule has 1 aromatic rings. The van der Waals surface area contributed by atoms with Crippen molar-refractivity contribution < 1.29 is 4.79 Å².